The van der Waals surface area contributed by atoms with E-state index in [1.165, 1.54) is 15.6 Å². The third-order valence-electron chi connectivity index (χ3n) is 3.52. The lowest BCUT2D eigenvalue weighted by Gasteiger charge is -2.29. The van der Waals surface area contributed by atoms with Crippen molar-refractivity contribution in [2.45, 2.75) is 36.6 Å². The number of sulfonamides is 1. The summed E-state index contributed by atoms with van der Waals surface area (Å²) in [6, 6.07) is 3.65. The Morgan fingerprint density at radius 3 is 2.75 bits per heavy atom. The molecule has 1 fully saturated rings. The van der Waals surface area contributed by atoms with E-state index in [0.717, 1.165) is 30.8 Å². The van der Waals surface area contributed by atoms with Crippen molar-refractivity contribution in [2.75, 3.05) is 26.8 Å². The molecular formula is C13H22N2O3S2. The summed E-state index contributed by atoms with van der Waals surface area (Å²) in [6.45, 7) is 4.91. The van der Waals surface area contributed by atoms with Crippen LogP contribution >= 0.6 is 11.3 Å². The highest BCUT2D eigenvalue weighted by atomic mass is 32.2. The average molecular weight is 318 g/mol. The van der Waals surface area contributed by atoms with Crippen LogP contribution in [-0.2, 0) is 21.3 Å². The quantitative estimate of drug-likeness (QED) is 0.866. The van der Waals surface area contributed by atoms with Gasteiger partial charge in [-0.1, -0.05) is 6.92 Å². The fraction of sp³-hybridized carbons (Fsp3) is 0.692. The smallest absolute Gasteiger partial charge is 0.252 e. The fourth-order valence-electron chi connectivity index (χ4n) is 2.23. The predicted molar refractivity (Wildman–Crippen MR) is 80.5 cm³/mol. The maximum Gasteiger partial charge on any atom is 0.252 e. The van der Waals surface area contributed by atoms with Gasteiger partial charge in [0, 0.05) is 37.7 Å². The average Bonchev–Trinajstić information content (AvgIpc) is 2.94. The first-order chi connectivity index (χ1) is 9.55. The lowest BCUT2D eigenvalue weighted by molar-refractivity contribution is 0.0632. The Hall–Kier alpha value is -0.470. The van der Waals surface area contributed by atoms with Gasteiger partial charge in [0.15, 0.2) is 0 Å². The van der Waals surface area contributed by atoms with Crippen molar-refractivity contribution in [1.29, 1.82) is 0 Å². The second-order valence-electron chi connectivity index (χ2n) is 4.87. The van der Waals surface area contributed by atoms with E-state index in [2.05, 4.69) is 5.32 Å². The van der Waals surface area contributed by atoms with E-state index < -0.39 is 10.0 Å². The normalized spacial score (nSPS) is 17.8. The SMILES string of the molecule is CCNCc1ccc(S(=O)(=O)N(C)C2CCOCC2)s1. The van der Waals surface area contributed by atoms with Crippen LogP contribution in [0.15, 0.2) is 16.3 Å². The predicted octanol–water partition coefficient (Wildman–Crippen LogP) is 1.66. The summed E-state index contributed by atoms with van der Waals surface area (Å²) in [4.78, 5) is 1.05. The van der Waals surface area contributed by atoms with Gasteiger partial charge in [0.2, 0.25) is 0 Å². The summed E-state index contributed by atoms with van der Waals surface area (Å²) in [5.41, 5.74) is 0. The molecule has 1 aromatic heterocycles. The minimum absolute atomic E-state index is 0.0491. The molecule has 1 N–H and O–H groups in total. The third-order valence-corrected chi connectivity index (χ3v) is 6.99. The Balaban J connectivity index is 2.10. The highest BCUT2D eigenvalue weighted by molar-refractivity contribution is 7.91. The molecule has 1 aliphatic rings. The van der Waals surface area contributed by atoms with E-state index >= 15 is 0 Å². The second kappa shape index (κ2) is 7.00. The Bertz CT molecular complexity index is 521. The van der Waals surface area contributed by atoms with Gasteiger partial charge in [0.05, 0.1) is 0 Å². The second-order valence-corrected chi connectivity index (χ2v) is 8.26. The lowest BCUT2D eigenvalue weighted by atomic mass is 10.1. The van der Waals surface area contributed by atoms with Crippen LogP contribution in [0.1, 0.15) is 24.6 Å². The summed E-state index contributed by atoms with van der Waals surface area (Å²) in [5, 5.41) is 3.21. The number of rotatable bonds is 6. The Kier molecular flexibility index (Phi) is 5.57. The number of nitrogens with one attached hydrogen (secondary N) is 1. The molecule has 0 bridgehead atoms. The molecular weight excluding hydrogens is 296 g/mol. The molecule has 0 aliphatic carbocycles. The topological polar surface area (TPSA) is 58.6 Å². The van der Waals surface area contributed by atoms with Crippen molar-refractivity contribution in [3.63, 3.8) is 0 Å². The molecule has 2 rings (SSSR count). The molecule has 0 unspecified atom stereocenters. The minimum Gasteiger partial charge on any atom is -0.381 e. The summed E-state index contributed by atoms with van der Waals surface area (Å²) in [7, 11) is -1.70. The van der Waals surface area contributed by atoms with E-state index in [0.29, 0.717) is 17.4 Å². The first kappa shape index (κ1) is 15.9. The van der Waals surface area contributed by atoms with Crippen LogP contribution in [-0.4, -0.2) is 45.6 Å². The van der Waals surface area contributed by atoms with Gasteiger partial charge in [-0.3, -0.25) is 0 Å². The molecule has 0 atom stereocenters. The molecule has 114 valence electrons. The Morgan fingerprint density at radius 1 is 1.40 bits per heavy atom. The number of thiophene rings is 1. The molecule has 0 aromatic carbocycles. The van der Waals surface area contributed by atoms with E-state index in [9.17, 15) is 8.42 Å². The van der Waals surface area contributed by atoms with Crippen molar-refractivity contribution in [3.8, 4) is 0 Å². The van der Waals surface area contributed by atoms with Crippen LogP contribution in [0.3, 0.4) is 0 Å². The maximum atomic E-state index is 12.6. The monoisotopic (exact) mass is 318 g/mol. The molecule has 0 amide bonds. The molecule has 2 heterocycles. The number of hydrogen-bond acceptors (Lipinski definition) is 5. The molecule has 5 nitrogen and oxygen atoms in total. The third kappa shape index (κ3) is 3.59. The molecule has 1 aromatic rings. The molecule has 20 heavy (non-hydrogen) atoms. The summed E-state index contributed by atoms with van der Waals surface area (Å²) >= 11 is 1.35. The standard InChI is InChI=1S/C13H22N2O3S2/c1-3-14-10-12-4-5-13(19-12)20(16,17)15(2)11-6-8-18-9-7-11/h4-5,11,14H,3,6-10H2,1-2H3. The highest BCUT2D eigenvalue weighted by Crippen LogP contribution is 2.27. The van der Waals surface area contributed by atoms with E-state index in [4.69, 9.17) is 4.74 Å². The summed E-state index contributed by atoms with van der Waals surface area (Å²) in [5.74, 6) is 0. The van der Waals surface area contributed by atoms with Crippen molar-refractivity contribution in [3.05, 3.63) is 17.0 Å². The number of nitrogens with zero attached hydrogens (tertiary/aromatic N) is 1. The van der Waals surface area contributed by atoms with Gasteiger partial charge in [-0.15, -0.1) is 11.3 Å². The fourth-order valence-corrected chi connectivity index (χ4v) is 5.15. The molecule has 1 aliphatic heterocycles. The van der Waals surface area contributed by atoms with Crippen molar-refractivity contribution in [2.24, 2.45) is 0 Å². The van der Waals surface area contributed by atoms with Gasteiger partial charge >= 0.3 is 0 Å². The largest absolute Gasteiger partial charge is 0.381 e. The van der Waals surface area contributed by atoms with Crippen molar-refractivity contribution in [1.82, 2.24) is 9.62 Å². The van der Waals surface area contributed by atoms with Gasteiger partial charge in [-0.2, -0.15) is 4.31 Å². The van der Waals surface area contributed by atoms with Crippen LogP contribution < -0.4 is 5.32 Å². The Morgan fingerprint density at radius 2 is 2.10 bits per heavy atom. The number of ether oxygens (including phenoxy) is 1. The van der Waals surface area contributed by atoms with E-state index in [-0.39, 0.29) is 6.04 Å². The van der Waals surface area contributed by atoms with Crippen LogP contribution in [0.5, 0.6) is 0 Å². The highest BCUT2D eigenvalue weighted by Gasteiger charge is 2.30. The van der Waals surface area contributed by atoms with E-state index in [1.54, 1.807) is 13.1 Å². The van der Waals surface area contributed by atoms with Crippen molar-refractivity contribution >= 4 is 21.4 Å². The summed E-state index contributed by atoms with van der Waals surface area (Å²) < 4.78 is 32.4. The van der Waals surface area contributed by atoms with Gasteiger partial charge in [0.1, 0.15) is 4.21 Å². The van der Waals surface area contributed by atoms with Gasteiger partial charge in [-0.25, -0.2) is 8.42 Å². The van der Waals surface area contributed by atoms with Crippen LogP contribution in [0.25, 0.3) is 0 Å². The summed E-state index contributed by atoms with van der Waals surface area (Å²) in [6.07, 6.45) is 1.54. The van der Waals surface area contributed by atoms with Crippen molar-refractivity contribution < 1.29 is 13.2 Å². The first-order valence-corrected chi connectivity index (χ1v) is 9.16. The molecule has 7 heteroatoms. The van der Waals surface area contributed by atoms with Gasteiger partial charge in [-0.05, 0) is 31.5 Å². The molecule has 0 radical (unpaired) electrons. The zero-order chi connectivity index (χ0) is 14.6. The van der Waals surface area contributed by atoms with E-state index in [1.807, 2.05) is 13.0 Å². The molecule has 0 spiro atoms. The van der Waals surface area contributed by atoms with Gasteiger partial charge < -0.3 is 10.1 Å². The zero-order valence-electron chi connectivity index (χ0n) is 12.0. The Labute approximate surface area is 125 Å². The van der Waals surface area contributed by atoms with Crippen LogP contribution in [0, 0.1) is 0 Å². The lowest BCUT2D eigenvalue weighted by Crippen LogP contribution is -2.40. The minimum atomic E-state index is -3.37. The molecule has 0 saturated carbocycles. The van der Waals surface area contributed by atoms with Crippen LogP contribution in [0.2, 0.25) is 0 Å². The first-order valence-electron chi connectivity index (χ1n) is 6.91. The maximum absolute atomic E-state index is 12.6. The van der Waals surface area contributed by atoms with Gasteiger partial charge in [0.25, 0.3) is 10.0 Å². The van der Waals surface area contributed by atoms with Crippen LogP contribution in [0.4, 0.5) is 0 Å². The number of hydrogen-bond donors (Lipinski definition) is 1. The molecule has 1 saturated heterocycles. The zero-order valence-corrected chi connectivity index (χ0v) is 13.6.